The second kappa shape index (κ2) is 7.08. The fourth-order valence-corrected chi connectivity index (χ4v) is 2.33. The summed E-state index contributed by atoms with van der Waals surface area (Å²) in [5, 5.41) is 0. The normalized spacial score (nSPS) is 11.8. The zero-order valence-corrected chi connectivity index (χ0v) is 12.9. The van der Waals surface area contributed by atoms with Gasteiger partial charge in [0, 0.05) is 6.42 Å². The summed E-state index contributed by atoms with van der Waals surface area (Å²) in [7, 11) is 1.34. The van der Waals surface area contributed by atoms with E-state index in [1.54, 1.807) is 11.8 Å². The maximum atomic E-state index is 12.4. The molecule has 0 saturated heterocycles. The number of rotatable bonds is 5. The Morgan fingerprint density at radius 1 is 1.25 bits per heavy atom. The summed E-state index contributed by atoms with van der Waals surface area (Å²) in [6.45, 7) is 7.53. The Balaban J connectivity index is 3.30. The number of hydrogen-bond donors (Lipinski definition) is 0. The van der Waals surface area contributed by atoms with Crippen molar-refractivity contribution in [3.63, 3.8) is 0 Å². The van der Waals surface area contributed by atoms with Crippen molar-refractivity contribution in [2.24, 2.45) is 0 Å². The van der Waals surface area contributed by atoms with Crippen LogP contribution in [0.1, 0.15) is 37.8 Å². The van der Waals surface area contributed by atoms with Crippen LogP contribution >= 0.6 is 0 Å². The van der Waals surface area contributed by atoms with Gasteiger partial charge in [0.1, 0.15) is 6.04 Å². The minimum absolute atomic E-state index is 0.0530. The highest BCUT2D eigenvalue weighted by Gasteiger charge is 2.29. The summed E-state index contributed by atoms with van der Waals surface area (Å²) in [6, 6.07) is 5.20. The van der Waals surface area contributed by atoms with E-state index < -0.39 is 12.0 Å². The molecule has 110 valence electrons. The molecule has 0 aliphatic carbocycles. The first-order valence-electron chi connectivity index (χ1n) is 6.90. The number of para-hydroxylation sites is 1. The average molecular weight is 277 g/mol. The van der Waals surface area contributed by atoms with Gasteiger partial charge in [-0.25, -0.2) is 4.79 Å². The van der Waals surface area contributed by atoms with E-state index in [2.05, 4.69) is 0 Å². The Kier molecular flexibility index (Phi) is 5.74. The second-order valence-corrected chi connectivity index (χ2v) is 4.95. The Bertz CT molecular complexity index is 476. The number of benzene rings is 1. The number of carbonyl (C=O) groups excluding carboxylic acids is 2. The van der Waals surface area contributed by atoms with Gasteiger partial charge in [-0.05, 0) is 38.3 Å². The number of methoxy groups -OCH3 is 1. The van der Waals surface area contributed by atoms with E-state index in [-0.39, 0.29) is 5.91 Å². The molecule has 0 saturated carbocycles. The molecule has 0 N–H and O–H groups in total. The van der Waals surface area contributed by atoms with E-state index in [0.717, 1.165) is 23.2 Å². The van der Waals surface area contributed by atoms with Gasteiger partial charge < -0.3 is 4.74 Å². The van der Waals surface area contributed by atoms with Gasteiger partial charge in [0.2, 0.25) is 5.91 Å². The molecule has 1 atom stereocenters. The van der Waals surface area contributed by atoms with Crippen LogP contribution in [0.5, 0.6) is 0 Å². The molecule has 0 heterocycles. The molecule has 0 radical (unpaired) electrons. The molecular weight excluding hydrogens is 254 g/mol. The second-order valence-electron chi connectivity index (χ2n) is 4.95. The fraction of sp³-hybridized carbons (Fsp3) is 0.500. The van der Waals surface area contributed by atoms with Crippen molar-refractivity contribution < 1.29 is 14.3 Å². The van der Waals surface area contributed by atoms with Crippen molar-refractivity contribution in [2.75, 3.05) is 12.0 Å². The molecule has 0 aromatic heterocycles. The minimum atomic E-state index is -0.626. The molecule has 1 aromatic rings. The molecule has 4 heteroatoms. The zero-order chi connectivity index (χ0) is 15.3. The molecule has 1 unspecified atom stereocenters. The number of anilines is 1. The quantitative estimate of drug-likeness (QED) is 0.777. The molecule has 20 heavy (non-hydrogen) atoms. The third-order valence-corrected chi connectivity index (χ3v) is 3.34. The van der Waals surface area contributed by atoms with E-state index in [4.69, 9.17) is 4.74 Å². The monoisotopic (exact) mass is 277 g/mol. The topological polar surface area (TPSA) is 46.6 Å². The number of ether oxygens (including phenoxy) is 1. The van der Waals surface area contributed by atoms with Gasteiger partial charge in [-0.1, -0.05) is 25.1 Å². The van der Waals surface area contributed by atoms with Gasteiger partial charge in [-0.15, -0.1) is 0 Å². The summed E-state index contributed by atoms with van der Waals surface area (Å²) in [4.78, 5) is 25.8. The van der Waals surface area contributed by atoms with E-state index >= 15 is 0 Å². The molecule has 1 aromatic carbocycles. The lowest BCUT2D eigenvalue weighted by Gasteiger charge is -2.30. The van der Waals surface area contributed by atoms with Crippen LogP contribution in [-0.2, 0) is 14.3 Å². The summed E-state index contributed by atoms with van der Waals surface area (Å²) >= 11 is 0. The van der Waals surface area contributed by atoms with Crippen molar-refractivity contribution in [1.29, 1.82) is 0 Å². The molecular formula is C16H23NO3. The molecule has 1 amide bonds. The minimum Gasteiger partial charge on any atom is -0.467 e. The SMILES string of the molecule is CCCC(=O)N(c1c(C)cccc1C)C(C)C(=O)OC. The van der Waals surface area contributed by atoms with Gasteiger partial charge >= 0.3 is 5.97 Å². The standard InChI is InChI=1S/C16H23NO3/c1-6-8-14(18)17(13(4)16(19)20-5)15-11(2)9-7-10-12(15)3/h7,9-10,13H,6,8H2,1-5H3. The molecule has 4 nitrogen and oxygen atoms in total. The molecule has 0 aliphatic rings. The third kappa shape index (κ3) is 3.38. The lowest BCUT2D eigenvalue weighted by molar-refractivity contribution is -0.143. The number of esters is 1. The maximum Gasteiger partial charge on any atom is 0.328 e. The lowest BCUT2D eigenvalue weighted by Crippen LogP contribution is -2.44. The number of amides is 1. The highest BCUT2D eigenvalue weighted by Crippen LogP contribution is 2.27. The smallest absolute Gasteiger partial charge is 0.328 e. The molecule has 0 spiro atoms. The number of aryl methyl sites for hydroxylation is 2. The van der Waals surface area contributed by atoms with E-state index in [0.29, 0.717) is 6.42 Å². The largest absolute Gasteiger partial charge is 0.467 e. The number of carbonyl (C=O) groups is 2. The van der Waals surface area contributed by atoms with Crippen molar-refractivity contribution in [3.8, 4) is 0 Å². The van der Waals surface area contributed by atoms with Crippen LogP contribution in [0.15, 0.2) is 18.2 Å². The third-order valence-electron chi connectivity index (χ3n) is 3.34. The van der Waals surface area contributed by atoms with Crippen LogP contribution in [0.2, 0.25) is 0 Å². The van der Waals surface area contributed by atoms with Crippen molar-refractivity contribution in [2.45, 2.75) is 46.6 Å². The first kappa shape index (κ1) is 16.2. The van der Waals surface area contributed by atoms with Crippen molar-refractivity contribution >= 4 is 17.6 Å². The predicted molar refractivity (Wildman–Crippen MR) is 79.8 cm³/mol. The Labute approximate surface area is 120 Å². The van der Waals surface area contributed by atoms with Gasteiger partial charge in [0.05, 0.1) is 12.8 Å². The van der Waals surface area contributed by atoms with Gasteiger partial charge in [-0.3, -0.25) is 9.69 Å². The number of hydrogen-bond acceptors (Lipinski definition) is 3. The zero-order valence-electron chi connectivity index (χ0n) is 12.9. The molecule has 0 fully saturated rings. The summed E-state index contributed by atoms with van der Waals surface area (Å²) < 4.78 is 4.79. The van der Waals surface area contributed by atoms with E-state index in [9.17, 15) is 9.59 Å². The molecule has 1 rings (SSSR count). The number of nitrogens with zero attached hydrogens (tertiary/aromatic N) is 1. The highest BCUT2D eigenvalue weighted by atomic mass is 16.5. The van der Waals surface area contributed by atoms with E-state index in [1.165, 1.54) is 7.11 Å². The molecule has 0 aliphatic heterocycles. The first-order chi connectivity index (χ1) is 9.43. The van der Waals surface area contributed by atoms with E-state index in [1.807, 2.05) is 39.0 Å². The van der Waals surface area contributed by atoms with Crippen LogP contribution in [-0.4, -0.2) is 25.0 Å². The van der Waals surface area contributed by atoms with Crippen molar-refractivity contribution in [3.05, 3.63) is 29.3 Å². The van der Waals surface area contributed by atoms with Gasteiger partial charge in [-0.2, -0.15) is 0 Å². The summed E-state index contributed by atoms with van der Waals surface area (Å²) in [6.07, 6.45) is 1.16. The van der Waals surface area contributed by atoms with Crippen LogP contribution in [0.25, 0.3) is 0 Å². The Morgan fingerprint density at radius 3 is 2.25 bits per heavy atom. The lowest BCUT2D eigenvalue weighted by atomic mass is 10.1. The van der Waals surface area contributed by atoms with Crippen LogP contribution in [0, 0.1) is 13.8 Å². The Morgan fingerprint density at radius 2 is 1.80 bits per heavy atom. The van der Waals surface area contributed by atoms with Gasteiger partial charge in [0.25, 0.3) is 0 Å². The fourth-order valence-electron chi connectivity index (χ4n) is 2.33. The first-order valence-corrected chi connectivity index (χ1v) is 6.90. The molecule has 0 bridgehead atoms. The predicted octanol–water partition coefficient (Wildman–Crippen LogP) is 3.00. The summed E-state index contributed by atoms with van der Waals surface area (Å²) in [5.74, 6) is -0.458. The van der Waals surface area contributed by atoms with Gasteiger partial charge in [0.15, 0.2) is 0 Å². The summed E-state index contributed by atoms with van der Waals surface area (Å²) in [5.41, 5.74) is 2.76. The van der Waals surface area contributed by atoms with Crippen LogP contribution < -0.4 is 4.90 Å². The van der Waals surface area contributed by atoms with Crippen molar-refractivity contribution in [1.82, 2.24) is 0 Å². The highest BCUT2D eigenvalue weighted by molar-refractivity contribution is 6.00. The van der Waals surface area contributed by atoms with Crippen LogP contribution in [0.4, 0.5) is 5.69 Å². The van der Waals surface area contributed by atoms with Crippen LogP contribution in [0.3, 0.4) is 0 Å². The maximum absolute atomic E-state index is 12.4. The average Bonchev–Trinajstić information content (AvgIpc) is 2.41. The Hall–Kier alpha value is -1.84.